The highest BCUT2D eigenvalue weighted by Crippen LogP contribution is 2.21. The van der Waals surface area contributed by atoms with Crippen LogP contribution in [0.5, 0.6) is 5.75 Å². The molecule has 0 aliphatic carbocycles. The van der Waals surface area contributed by atoms with Crippen LogP contribution in [-0.4, -0.2) is 11.7 Å². The number of anilines is 1. The van der Waals surface area contributed by atoms with E-state index in [0.29, 0.717) is 11.7 Å². The highest BCUT2D eigenvalue weighted by atomic mass is 32.1. The van der Waals surface area contributed by atoms with Crippen LogP contribution in [0.1, 0.15) is 37.4 Å². The van der Waals surface area contributed by atoms with Crippen LogP contribution in [-0.2, 0) is 0 Å². The quantitative estimate of drug-likeness (QED) is 0.744. The maximum Gasteiger partial charge on any atom is 0.171 e. The van der Waals surface area contributed by atoms with Crippen molar-refractivity contribution in [1.82, 2.24) is 5.32 Å². The van der Waals surface area contributed by atoms with E-state index in [0.717, 1.165) is 17.9 Å². The summed E-state index contributed by atoms with van der Waals surface area (Å²) in [6.45, 7) is 6.90. The van der Waals surface area contributed by atoms with Crippen LogP contribution in [0.25, 0.3) is 0 Å². The van der Waals surface area contributed by atoms with Crippen LogP contribution >= 0.6 is 12.2 Å². The van der Waals surface area contributed by atoms with Gasteiger partial charge in [0.05, 0.1) is 12.6 Å². The Morgan fingerprint density at radius 2 is 1.91 bits per heavy atom. The molecule has 122 valence electrons. The standard InChI is InChI=1S/C19H24N2OS/c1-4-18(17-12-7-6-9-14(17)3)21-19(23)20-15-10-8-11-16(13-15)22-5-2/h6-13,18H,4-5H2,1-3H3,(H2,20,21,23)/t18-/m0/s1. The van der Waals surface area contributed by atoms with Gasteiger partial charge in [0.15, 0.2) is 5.11 Å². The average molecular weight is 328 g/mol. The van der Waals surface area contributed by atoms with Crippen molar-refractivity contribution in [2.45, 2.75) is 33.2 Å². The average Bonchev–Trinajstić information content (AvgIpc) is 2.54. The van der Waals surface area contributed by atoms with Gasteiger partial charge in [0.25, 0.3) is 0 Å². The van der Waals surface area contributed by atoms with Gasteiger partial charge in [-0.2, -0.15) is 0 Å². The van der Waals surface area contributed by atoms with Gasteiger partial charge in [-0.05, 0) is 55.7 Å². The van der Waals surface area contributed by atoms with Gasteiger partial charge in [0.1, 0.15) is 5.75 Å². The van der Waals surface area contributed by atoms with Crippen LogP contribution in [0.4, 0.5) is 5.69 Å². The van der Waals surface area contributed by atoms with E-state index in [1.165, 1.54) is 11.1 Å². The second kappa shape index (κ2) is 8.53. The predicted molar refractivity (Wildman–Crippen MR) is 101 cm³/mol. The molecule has 0 aromatic heterocycles. The van der Waals surface area contributed by atoms with Gasteiger partial charge in [-0.3, -0.25) is 0 Å². The Bertz CT molecular complexity index is 657. The van der Waals surface area contributed by atoms with E-state index in [2.05, 4.69) is 48.7 Å². The highest BCUT2D eigenvalue weighted by molar-refractivity contribution is 7.80. The minimum absolute atomic E-state index is 0.200. The molecule has 0 aliphatic rings. The first-order valence-electron chi connectivity index (χ1n) is 8.00. The van der Waals surface area contributed by atoms with Crippen molar-refractivity contribution in [3.63, 3.8) is 0 Å². The minimum atomic E-state index is 0.200. The molecule has 2 aromatic rings. The van der Waals surface area contributed by atoms with E-state index in [1.807, 2.05) is 31.2 Å². The minimum Gasteiger partial charge on any atom is -0.494 e. The van der Waals surface area contributed by atoms with Crippen molar-refractivity contribution in [2.24, 2.45) is 0 Å². The fourth-order valence-corrected chi connectivity index (χ4v) is 2.79. The summed E-state index contributed by atoms with van der Waals surface area (Å²) < 4.78 is 5.51. The third-order valence-corrected chi connectivity index (χ3v) is 3.90. The topological polar surface area (TPSA) is 33.3 Å². The Balaban J connectivity index is 2.03. The first kappa shape index (κ1) is 17.3. The lowest BCUT2D eigenvalue weighted by Crippen LogP contribution is -2.32. The van der Waals surface area contributed by atoms with Crippen LogP contribution in [0.3, 0.4) is 0 Å². The van der Waals surface area contributed by atoms with Crippen molar-refractivity contribution < 1.29 is 4.74 Å². The fraction of sp³-hybridized carbons (Fsp3) is 0.316. The molecule has 0 aliphatic heterocycles. The molecular weight excluding hydrogens is 304 g/mol. The molecule has 0 amide bonds. The van der Waals surface area contributed by atoms with E-state index in [-0.39, 0.29) is 6.04 Å². The van der Waals surface area contributed by atoms with Gasteiger partial charge >= 0.3 is 0 Å². The van der Waals surface area contributed by atoms with Crippen molar-refractivity contribution in [2.75, 3.05) is 11.9 Å². The summed E-state index contributed by atoms with van der Waals surface area (Å²) in [6.07, 6.45) is 0.964. The molecule has 0 fully saturated rings. The summed E-state index contributed by atoms with van der Waals surface area (Å²) in [5.74, 6) is 0.839. The molecule has 2 N–H and O–H groups in total. The van der Waals surface area contributed by atoms with Crippen LogP contribution in [0.2, 0.25) is 0 Å². The molecule has 0 saturated heterocycles. The van der Waals surface area contributed by atoms with Gasteiger partial charge < -0.3 is 15.4 Å². The summed E-state index contributed by atoms with van der Waals surface area (Å²) in [5, 5.41) is 7.26. The SMILES string of the molecule is CCOc1cccc(NC(=S)N[C@@H](CC)c2ccccc2C)c1. The molecule has 2 aromatic carbocycles. The molecule has 0 radical (unpaired) electrons. The van der Waals surface area contributed by atoms with Gasteiger partial charge in [0.2, 0.25) is 0 Å². The van der Waals surface area contributed by atoms with Crippen molar-refractivity contribution >= 4 is 23.0 Å². The van der Waals surface area contributed by atoms with Crippen LogP contribution in [0.15, 0.2) is 48.5 Å². The van der Waals surface area contributed by atoms with E-state index in [1.54, 1.807) is 0 Å². The lowest BCUT2D eigenvalue weighted by molar-refractivity contribution is 0.340. The lowest BCUT2D eigenvalue weighted by atomic mass is 10.00. The smallest absolute Gasteiger partial charge is 0.171 e. The monoisotopic (exact) mass is 328 g/mol. The zero-order chi connectivity index (χ0) is 16.7. The summed E-state index contributed by atoms with van der Waals surface area (Å²) in [7, 11) is 0. The van der Waals surface area contributed by atoms with Crippen molar-refractivity contribution in [3.05, 3.63) is 59.7 Å². The molecular formula is C19H24N2OS. The molecule has 0 heterocycles. The van der Waals surface area contributed by atoms with E-state index >= 15 is 0 Å². The predicted octanol–water partition coefficient (Wildman–Crippen LogP) is 4.83. The molecule has 3 nitrogen and oxygen atoms in total. The van der Waals surface area contributed by atoms with Crippen molar-refractivity contribution in [1.29, 1.82) is 0 Å². The van der Waals surface area contributed by atoms with E-state index in [9.17, 15) is 0 Å². The second-order valence-electron chi connectivity index (χ2n) is 5.38. The Morgan fingerprint density at radius 1 is 1.13 bits per heavy atom. The normalized spacial score (nSPS) is 11.6. The maximum absolute atomic E-state index is 5.51. The lowest BCUT2D eigenvalue weighted by Gasteiger charge is -2.21. The molecule has 1 atom stereocenters. The van der Waals surface area contributed by atoms with Gasteiger partial charge in [0, 0.05) is 11.8 Å². The van der Waals surface area contributed by atoms with Crippen LogP contribution in [0, 0.1) is 6.92 Å². The Hall–Kier alpha value is -2.07. The van der Waals surface area contributed by atoms with E-state index < -0.39 is 0 Å². The number of thiocarbonyl (C=S) groups is 1. The number of nitrogens with one attached hydrogen (secondary N) is 2. The zero-order valence-electron chi connectivity index (χ0n) is 13.9. The Labute approximate surface area is 144 Å². The number of benzene rings is 2. The first-order chi connectivity index (χ1) is 11.1. The third-order valence-electron chi connectivity index (χ3n) is 3.68. The van der Waals surface area contributed by atoms with Gasteiger partial charge in [-0.15, -0.1) is 0 Å². The fourth-order valence-electron chi connectivity index (χ4n) is 2.53. The molecule has 23 heavy (non-hydrogen) atoms. The Morgan fingerprint density at radius 3 is 2.61 bits per heavy atom. The summed E-state index contributed by atoms with van der Waals surface area (Å²) in [5.41, 5.74) is 3.48. The van der Waals surface area contributed by atoms with Gasteiger partial charge in [-0.25, -0.2) is 0 Å². The summed E-state index contributed by atoms with van der Waals surface area (Å²) in [6, 6.07) is 16.4. The number of hydrogen-bond acceptors (Lipinski definition) is 2. The third kappa shape index (κ3) is 4.96. The molecule has 0 saturated carbocycles. The van der Waals surface area contributed by atoms with Crippen molar-refractivity contribution in [3.8, 4) is 5.75 Å². The maximum atomic E-state index is 5.51. The molecule has 4 heteroatoms. The number of aryl methyl sites for hydroxylation is 1. The molecule has 0 unspecified atom stereocenters. The zero-order valence-corrected chi connectivity index (χ0v) is 14.7. The number of rotatable bonds is 6. The summed E-state index contributed by atoms with van der Waals surface area (Å²) in [4.78, 5) is 0. The Kier molecular flexibility index (Phi) is 6.41. The molecule has 0 bridgehead atoms. The summed E-state index contributed by atoms with van der Waals surface area (Å²) >= 11 is 5.47. The molecule has 2 rings (SSSR count). The first-order valence-corrected chi connectivity index (χ1v) is 8.40. The van der Waals surface area contributed by atoms with E-state index in [4.69, 9.17) is 17.0 Å². The molecule has 0 spiro atoms. The number of hydrogen-bond donors (Lipinski definition) is 2. The second-order valence-corrected chi connectivity index (χ2v) is 5.78. The number of ether oxygens (including phenoxy) is 1. The largest absolute Gasteiger partial charge is 0.494 e. The van der Waals surface area contributed by atoms with Gasteiger partial charge in [-0.1, -0.05) is 37.3 Å². The highest BCUT2D eigenvalue weighted by Gasteiger charge is 2.12. The van der Waals surface area contributed by atoms with Crippen LogP contribution < -0.4 is 15.4 Å².